The van der Waals surface area contributed by atoms with Gasteiger partial charge in [-0.3, -0.25) is 9.69 Å². The predicted octanol–water partition coefficient (Wildman–Crippen LogP) is 3.93. The van der Waals surface area contributed by atoms with Crippen molar-refractivity contribution in [3.8, 4) is 0 Å². The van der Waals surface area contributed by atoms with Crippen LogP contribution in [-0.2, 0) is 24.1 Å². The molecule has 0 aromatic heterocycles. The number of hydrogen-bond donors (Lipinski definition) is 3. The molecule has 1 amide bonds. The molecule has 0 bridgehead atoms. The second-order valence-electron chi connectivity index (χ2n) is 10.9. The molecule has 0 aliphatic carbocycles. The van der Waals surface area contributed by atoms with E-state index in [4.69, 9.17) is 4.74 Å². The Morgan fingerprint density at radius 1 is 1.08 bits per heavy atom. The molecule has 1 unspecified atom stereocenters. The third kappa shape index (κ3) is 6.76. The molecule has 7 nitrogen and oxygen atoms in total. The molecule has 204 valence electrons. The molecule has 2 aromatic rings. The number of nitrogens with zero attached hydrogens (tertiary/aromatic N) is 2. The fraction of sp³-hybridized carbons (Fsp3) is 0.516. The van der Waals surface area contributed by atoms with Crippen LogP contribution in [0.4, 0.5) is 5.69 Å². The number of hydrogen-bond acceptors (Lipinski definition) is 6. The number of benzene rings is 2. The number of allylic oxidation sites excluding steroid dienone is 1. The Morgan fingerprint density at radius 2 is 1.89 bits per heavy atom. The first-order valence-corrected chi connectivity index (χ1v) is 14.3. The standard InChI is InChI=1S/C31H42N4O3/c1-2-3-4-9-27(17-32-28-21-38-22-28)33-26-11-10-24-13-15-35(31(37)30(24)16-26)20-29(36)19-34-14-12-23-7-5-6-8-25(23)18-34/h5-8,10-11,16-17,28-29,32-33,36H,2-4,9,12-15,18-22H2,1H3/b27-17+. The van der Waals surface area contributed by atoms with Crippen LogP contribution in [0.3, 0.4) is 0 Å². The largest absolute Gasteiger partial charge is 0.390 e. The fourth-order valence-corrected chi connectivity index (χ4v) is 5.56. The number of rotatable bonds is 12. The molecule has 38 heavy (non-hydrogen) atoms. The summed E-state index contributed by atoms with van der Waals surface area (Å²) in [5.74, 6) is 0.0131. The minimum absolute atomic E-state index is 0.0131. The molecule has 5 rings (SSSR count). The van der Waals surface area contributed by atoms with Gasteiger partial charge in [-0.15, -0.1) is 0 Å². The van der Waals surface area contributed by atoms with Gasteiger partial charge in [0.1, 0.15) is 0 Å². The lowest BCUT2D eigenvalue weighted by Crippen LogP contribution is -2.46. The molecule has 3 aliphatic rings. The average molecular weight is 519 g/mol. The number of carbonyl (C=O) groups excluding carboxylic acids is 1. The van der Waals surface area contributed by atoms with Crippen LogP contribution >= 0.6 is 0 Å². The number of unbranched alkanes of at least 4 members (excludes halogenated alkanes) is 2. The van der Waals surface area contributed by atoms with Crippen molar-refractivity contribution in [2.75, 3.05) is 44.7 Å². The highest BCUT2D eigenvalue weighted by molar-refractivity contribution is 5.97. The van der Waals surface area contributed by atoms with Crippen LogP contribution in [0.2, 0.25) is 0 Å². The lowest BCUT2D eigenvalue weighted by molar-refractivity contribution is 0.000664. The van der Waals surface area contributed by atoms with Gasteiger partial charge in [0, 0.05) is 55.9 Å². The van der Waals surface area contributed by atoms with E-state index in [1.54, 1.807) is 0 Å². The summed E-state index contributed by atoms with van der Waals surface area (Å²) in [6.45, 7) is 7.10. The topological polar surface area (TPSA) is 77.1 Å². The number of anilines is 1. The Balaban J connectivity index is 1.19. The maximum absolute atomic E-state index is 13.5. The molecule has 1 saturated heterocycles. The number of aliphatic hydroxyl groups excluding tert-OH is 1. The molecule has 7 heteroatoms. The molecular formula is C31H42N4O3. The van der Waals surface area contributed by atoms with Crippen molar-refractivity contribution in [3.05, 3.63) is 76.6 Å². The quantitative estimate of drug-likeness (QED) is 0.370. The maximum atomic E-state index is 13.5. The number of nitrogens with one attached hydrogen (secondary N) is 2. The van der Waals surface area contributed by atoms with Gasteiger partial charge in [0.05, 0.1) is 25.4 Å². The van der Waals surface area contributed by atoms with Gasteiger partial charge in [-0.2, -0.15) is 0 Å². The van der Waals surface area contributed by atoms with E-state index >= 15 is 0 Å². The normalized spacial score (nSPS) is 18.9. The summed E-state index contributed by atoms with van der Waals surface area (Å²) in [6, 6.07) is 15.0. The maximum Gasteiger partial charge on any atom is 0.254 e. The van der Waals surface area contributed by atoms with E-state index in [-0.39, 0.29) is 5.91 Å². The lowest BCUT2D eigenvalue weighted by Gasteiger charge is -2.34. The molecule has 3 aliphatic heterocycles. The van der Waals surface area contributed by atoms with Crippen LogP contribution < -0.4 is 10.6 Å². The van der Waals surface area contributed by atoms with Crippen molar-refractivity contribution in [2.24, 2.45) is 0 Å². The highest BCUT2D eigenvalue weighted by Gasteiger charge is 2.27. The smallest absolute Gasteiger partial charge is 0.254 e. The van der Waals surface area contributed by atoms with Gasteiger partial charge in [0.2, 0.25) is 0 Å². The predicted molar refractivity (Wildman–Crippen MR) is 151 cm³/mol. The number of carbonyl (C=O) groups is 1. The summed E-state index contributed by atoms with van der Waals surface area (Å²) < 4.78 is 5.28. The molecule has 1 atom stereocenters. The number of aliphatic hydroxyl groups is 1. The first-order chi connectivity index (χ1) is 18.6. The molecule has 0 radical (unpaired) electrons. The van der Waals surface area contributed by atoms with Crippen molar-refractivity contribution < 1.29 is 14.6 Å². The van der Waals surface area contributed by atoms with Crippen LogP contribution in [0.5, 0.6) is 0 Å². The van der Waals surface area contributed by atoms with Crippen molar-refractivity contribution in [1.82, 2.24) is 15.1 Å². The lowest BCUT2D eigenvalue weighted by atomic mass is 9.97. The highest BCUT2D eigenvalue weighted by atomic mass is 16.5. The summed E-state index contributed by atoms with van der Waals surface area (Å²) >= 11 is 0. The first-order valence-electron chi connectivity index (χ1n) is 14.3. The second kappa shape index (κ2) is 12.8. The van der Waals surface area contributed by atoms with Gasteiger partial charge in [0.25, 0.3) is 5.91 Å². The summed E-state index contributed by atoms with van der Waals surface area (Å²) in [7, 11) is 0. The molecule has 2 aromatic carbocycles. The Bertz CT molecular complexity index is 1130. The molecule has 1 fully saturated rings. The van der Waals surface area contributed by atoms with Crippen molar-refractivity contribution in [1.29, 1.82) is 0 Å². The van der Waals surface area contributed by atoms with Crippen molar-refractivity contribution in [2.45, 2.75) is 64.1 Å². The van der Waals surface area contributed by atoms with E-state index in [0.29, 0.717) is 25.7 Å². The van der Waals surface area contributed by atoms with E-state index in [2.05, 4.69) is 65.1 Å². The minimum Gasteiger partial charge on any atom is -0.390 e. The SMILES string of the molecule is CCCCC/C(=C\NC1COC1)Nc1ccc2c(c1)C(=O)N(CC(O)CN1CCc3ccccc3C1)CC2. The minimum atomic E-state index is -0.568. The van der Waals surface area contributed by atoms with Gasteiger partial charge in [-0.05, 0) is 54.5 Å². The number of fused-ring (bicyclic) bond motifs is 2. The number of ether oxygens (including phenoxy) is 1. The zero-order valence-corrected chi connectivity index (χ0v) is 22.6. The third-order valence-corrected chi connectivity index (χ3v) is 7.87. The first kappa shape index (κ1) is 26.7. The fourth-order valence-electron chi connectivity index (χ4n) is 5.56. The summed E-state index contributed by atoms with van der Waals surface area (Å²) in [5.41, 5.74) is 6.63. The Morgan fingerprint density at radius 3 is 2.68 bits per heavy atom. The van der Waals surface area contributed by atoms with E-state index in [0.717, 1.165) is 74.5 Å². The van der Waals surface area contributed by atoms with E-state index in [1.165, 1.54) is 24.0 Å². The summed E-state index contributed by atoms with van der Waals surface area (Å²) in [5, 5.41) is 17.9. The van der Waals surface area contributed by atoms with Crippen LogP contribution in [0.1, 0.15) is 59.7 Å². The van der Waals surface area contributed by atoms with Crippen LogP contribution in [0.25, 0.3) is 0 Å². The summed E-state index contributed by atoms with van der Waals surface area (Å²) in [4.78, 5) is 17.6. The molecule has 0 saturated carbocycles. The molecule has 0 spiro atoms. The van der Waals surface area contributed by atoms with Gasteiger partial charge in [-0.25, -0.2) is 0 Å². The zero-order chi connectivity index (χ0) is 26.3. The average Bonchev–Trinajstić information content (AvgIpc) is 2.89. The Hall–Kier alpha value is -2.87. The highest BCUT2D eigenvalue weighted by Crippen LogP contribution is 2.25. The zero-order valence-electron chi connectivity index (χ0n) is 22.6. The number of amides is 1. The van der Waals surface area contributed by atoms with E-state index in [9.17, 15) is 9.90 Å². The molecule has 3 N–H and O–H groups in total. The van der Waals surface area contributed by atoms with Gasteiger partial charge < -0.3 is 25.4 Å². The van der Waals surface area contributed by atoms with Crippen LogP contribution in [0, 0.1) is 0 Å². The monoisotopic (exact) mass is 518 g/mol. The Kier molecular flexibility index (Phi) is 8.99. The van der Waals surface area contributed by atoms with Crippen molar-refractivity contribution in [3.63, 3.8) is 0 Å². The van der Waals surface area contributed by atoms with Crippen LogP contribution in [0.15, 0.2) is 54.4 Å². The van der Waals surface area contributed by atoms with E-state index in [1.807, 2.05) is 11.0 Å². The number of β-amino-alcohol motifs (C(OH)–C–C–N with tert-alkyl or cyclic N) is 1. The van der Waals surface area contributed by atoms with Crippen LogP contribution in [-0.4, -0.2) is 72.4 Å². The second-order valence-corrected chi connectivity index (χ2v) is 10.9. The van der Waals surface area contributed by atoms with E-state index < -0.39 is 6.10 Å². The third-order valence-electron chi connectivity index (χ3n) is 7.87. The van der Waals surface area contributed by atoms with Crippen molar-refractivity contribution >= 4 is 11.6 Å². The van der Waals surface area contributed by atoms with Gasteiger partial charge in [0.15, 0.2) is 0 Å². The van der Waals surface area contributed by atoms with Gasteiger partial charge >= 0.3 is 0 Å². The van der Waals surface area contributed by atoms with Gasteiger partial charge in [-0.1, -0.05) is 50.1 Å². The summed E-state index contributed by atoms with van der Waals surface area (Å²) in [6.07, 6.45) is 7.77. The molecular weight excluding hydrogens is 476 g/mol. The molecule has 3 heterocycles. The Labute approximate surface area is 226 Å².